The summed E-state index contributed by atoms with van der Waals surface area (Å²) in [7, 11) is 0. The van der Waals surface area contributed by atoms with Crippen LogP contribution in [0.2, 0.25) is 5.02 Å². The van der Waals surface area contributed by atoms with E-state index in [4.69, 9.17) is 17.3 Å². The molecule has 1 fully saturated rings. The lowest BCUT2D eigenvalue weighted by Crippen LogP contribution is -2.38. The zero-order valence-electron chi connectivity index (χ0n) is 10.4. The maximum Gasteiger partial charge on any atom is 0.391 e. The van der Waals surface area contributed by atoms with E-state index in [0.29, 0.717) is 30.3 Å². The van der Waals surface area contributed by atoms with Gasteiger partial charge in [-0.1, -0.05) is 17.7 Å². The van der Waals surface area contributed by atoms with Crippen LogP contribution in [0.4, 0.5) is 18.9 Å². The molecule has 106 valence electrons. The van der Waals surface area contributed by atoms with Gasteiger partial charge < -0.3 is 5.73 Å². The molecule has 0 amide bonds. The van der Waals surface area contributed by atoms with E-state index in [1.54, 1.807) is 12.1 Å². The lowest BCUT2D eigenvalue weighted by atomic mass is 9.96. The van der Waals surface area contributed by atoms with Crippen LogP contribution in [0.3, 0.4) is 0 Å². The number of rotatable bonds is 2. The van der Waals surface area contributed by atoms with Crippen molar-refractivity contribution in [3.63, 3.8) is 0 Å². The Bertz CT molecular complexity index is 440. The second-order valence-corrected chi connectivity index (χ2v) is 5.36. The fourth-order valence-corrected chi connectivity index (χ4v) is 2.49. The van der Waals surface area contributed by atoms with Crippen molar-refractivity contribution in [2.45, 2.75) is 25.6 Å². The molecule has 2 N–H and O–H groups in total. The van der Waals surface area contributed by atoms with Gasteiger partial charge in [-0.2, -0.15) is 13.2 Å². The molecule has 0 unspecified atom stereocenters. The Morgan fingerprint density at radius 1 is 1.26 bits per heavy atom. The Morgan fingerprint density at radius 2 is 1.89 bits per heavy atom. The molecular weight excluding hydrogens is 277 g/mol. The summed E-state index contributed by atoms with van der Waals surface area (Å²) in [6.45, 7) is 1.55. The summed E-state index contributed by atoms with van der Waals surface area (Å²) in [6, 6.07) is 5.35. The largest absolute Gasteiger partial charge is 0.398 e. The summed E-state index contributed by atoms with van der Waals surface area (Å²) in [6.07, 6.45) is -3.71. The van der Waals surface area contributed by atoms with Crippen LogP contribution >= 0.6 is 11.6 Å². The van der Waals surface area contributed by atoms with Crippen molar-refractivity contribution in [1.82, 2.24) is 4.90 Å². The highest BCUT2D eigenvalue weighted by Crippen LogP contribution is 2.34. The Hall–Kier alpha value is -0.940. The number of nitrogen functional groups attached to an aromatic ring is 1. The quantitative estimate of drug-likeness (QED) is 0.842. The van der Waals surface area contributed by atoms with Gasteiger partial charge in [-0.3, -0.25) is 4.90 Å². The minimum atomic E-state index is -4.06. The Balaban J connectivity index is 1.90. The molecule has 1 aliphatic rings. The van der Waals surface area contributed by atoms with E-state index in [1.807, 2.05) is 11.0 Å². The first-order valence-corrected chi connectivity index (χ1v) is 6.57. The fourth-order valence-electron chi connectivity index (χ4n) is 2.37. The van der Waals surface area contributed by atoms with Gasteiger partial charge in [0.2, 0.25) is 0 Å². The first-order valence-electron chi connectivity index (χ1n) is 6.19. The van der Waals surface area contributed by atoms with Crippen molar-refractivity contribution in [2.75, 3.05) is 18.8 Å². The third-order valence-corrected chi connectivity index (χ3v) is 3.86. The normalized spacial score (nSPS) is 18.7. The molecule has 0 spiro atoms. The molecule has 1 aromatic carbocycles. The molecule has 0 saturated carbocycles. The topological polar surface area (TPSA) is 29.3 Å². The van der Waals surface area contributed by atoms with Crippen LogP contribution in [-0.2, 0) is 6.54 Å². The molecule has 1 aliphatic heterocycles. The van der Waals surface area contributed by atoms with Crippen molar-refractivity contribution >= 4 is 17.3 Å². The standard InChI is InChI=1S/C13H16ClF3N2/c14-11-2-1-9(7-12(11)18)8-19-5-3-10(4-6-19)13(15,16)17/h1-2,7,10H,3-6,8,18H2. The molecule has 2 rings (SSSR count). The van der Waals surface area contributed by atoms with Gasteiger partial charge in [0, 0.05) is 6.54 Å². The molecule has 0 bridgehead atoms. The van der Waals surface area contributed by atoms with E-state index in [0.717, 1.165) is 5.56 Å². The highest BCUT2D eigenvalue weighted by Gasteiger charge is 2.40. The number of anilines is 1. The van der Waals surface area contributed by atoms with Gasteiger partial charge in [0.05, 0.1) is 16.6 Å². The van der Waals surface area contributed by atoms with Gasteiger partial charge in [0.15, 0.2) is 0 Å². The van der Waals surface area contributed by atoms with Crippen LogP contribution < -0.4 is 5.73 Å². The van der Waals surface area contributed by atoms with Crippen molar-refractivity contribution < 1.29 is 13.2 Å². The number of hydrogen-bond donors (Lipinski definition) is 1. The van der Waals surface area contributed by atoms with Gasteiger partial charge in [-0.05, 0) is 43.6 Å². The van der Waals surface area contributed by atoms with Gasteiger partial charge in [-0.15, -0.1) is 0 Å². The van der Waals surface area contributed by atoms with E-state index >= 15 is 0 Å². The minimum Gasteiger partial charge on any atom is -0.398 e. The Kier molecular flexibility index (Phi) is 4.26. The van der Waals surface area contributed by atoms with Crippen molar-refractivity contribution in [2.24, 2.45) is 5.92 Å². The highest BCUT2D eigenvalue weighted by molar-refractivity contribution is 6.33. The number of nitrogens with two attached hydrogens (primary N) is 1. The molecule has 1 aromatic rings. The maximum absolute atomic E-state index is 12.5. The SMILES string of the molecule is Nc1cc(CN2CCC(C(F)(F)F)CC2)ccc1Cl. The summed E-state index contributed by atoms with van der Waals surface area (Å²) >= 11 is 5.83. The monoisotopic (exact) mass is 292 g/mol. The number of halogens is 4. The average molecular weight is 293 g/mol. The zero-order valence-corrected chi connectivity index (χ0v) is 11.1. The van der Waals surface area contributed by atoms with Crippen molar-refractivity contribution in [3.05, 3.63) is 28.8 Å². The van der Waals surface area contributed by atoms with Crippen molar-refractivity contribution in [3.8, 4) is 0 Å². The van der Waals surface area contributed by atoms with Crippen LogP contribution in [-0.4, -0.2) is 24.2 Å². The first kappa shape index (κ1) is 14.5. The van der Waals surface area contributed by atoms with Crippen molar-refractivity contribution in [1.29, 1.82) is 0 Å². The molecule has 0 atom stereocenters. The van der Waals surface area contributed by atoms with E-state index < -0.39 is 12.1 Å². The molecule has 2 nitrogen and oxygen atoms in total. The summed E-state index contributed by atoms with van der Waals surface area (Å²) in [5.74, 6) is -1.15. The number of nitrogens with zero attached hydrogens (tertiary/aromatic N) is 1. The van der Waals surface area contributed by atoms with Gasteiger partial charge in [0.25, 0.3) is 0 Å². The smallest absolute Gasteiger partial charge is 0.391 e. The summed E-state index contributed by atoms with van der Waals surface area (Å²) < 4.78 is 37.6. The van der Waals surface area contributed by atoms with E-state index in [-0.39, 0.29) is 12.8 Å². The minimum absolute atomic E-state index is 0.173. The van der Waals surface area contributed by atoms with Crippen LogP contribution in [0.5, 0.6) is 0 Å². The third-order valence-electron chi connectivity index (χ3n) is 3.52. The summed E-state index contributed by atoms with van der Waals surface area (Å²) in [5, 5.41) is 0.500. The Morgan fingerprint density at radius 3 is 2.42 bits per heavy atom. The van der Waals surface area contributed by atoms with Crippen LogP contribution in [0, 0.1) is 5.92 Å². The first-order chi connectivity index (χ1) is 8.86. The number of hydrogen-bond acceptors (Lipinski definition) is 2. The average Bonchev–Trinajstić information content (AvgIpc) is 2.33. The number of benzene rings is 1. The van der Waals surface area contributed by atoms with Gasteiger partial charge in [-0.25, -0.2) is 0 Å². The van der Waals surface area contributed by atoms with Crippen LogP contribution in [0.25, 0.3) is 0 Å². The molecule has 0 aromatic heterocycles. The molecule has 6 heteroatoms. The fraction of sp³-hybridized carbons (Fsp3) is 0.538. The second-order valence-electron chi connectivity index (χ2n) is 4.95. The highest BCUT2D eigenvalue weighted by atomic mass is 35.5. The number of alkyl halides is 3. The second kappa shape index (κ2) is 5.59. The zero-order chi connectivity index (χ0) is 14.0. The van der Waals surface area contributed by atoms with E-state index in [1.165, 1.54) is 0 Å². The van der Waals surface area contributed by atoms with Crippen LogP contribution in [0.15, 0.2) is 18.2 Å². The van der Waals surface area contributed by atoms with Gasteiger partial charge >= 0.3 is 6.18 Å². The predicted octanol–water partition coefficient (Wildman–Crippen LogP) is 3.70. The van der Waals surface area contributed by atoms with Gasteiger partial charge in [0.1, 0.15) is 0 Å². The molecule has 0 aliphatic carbocycles. The molecule has 0 radical (unpaired) electrons. The Labute approximate surface area is 115 Å². The third kappa shape index (κ3) is 3.76. The maximum atomic E-state index is 12.5. The summed E-state index contributed by atoms with van der Waals surface area (Å²) in [4.78, 5) is 2.02. The lowest BCUT2D eigenvalue weighted by Gasteiger charge is -2.32. The van der Waals surface area contributed by atoms with E-state index in [9.17, 15) is 13.2 Å². The number of likely N-dealkylation sites (tertiary alicyclic amines) is 1. The molecule has 1 heterocycles. The molecular formula is C13H16ClF3N2. The van der Waals surface area contributed by atoms with E-state index in [2.05, 4.69) is 0 Å². The number of piperidine rings is 1. The van der Waals surface area contributed by atoms with Crippen LogP contribution in [0.1, 0.15) is 18.4 Å². The molecule has 1 saturated heterocycles. The predicted molar refractivity (Wildman–Crippen MR) is 69.9 cm³/mol. The lowest BCUT2D eigenvalue weighted by molar-refractivity contribution is -0.185. The summed E-state index contributed by atoms with van der Waals surface area (Å²) in [5.41, 5.74) is 7.19. The molecule has 19 heavy (non-hydrogen) atoms.